The number of carbonyl (C=O) groups is 1. The Hall–Kier alpha value is -3.23. The summed E-state index contributed by atoms with van der Waals surface area (Å²) in [7, 11) is 0. The molecule has 0 saturated heterocycles. The van der Waals surface area contributed by atoms with E-state index in [2.05, 4.69) is 31.4 Å². The highest BCUT2D eigenvalue weighted by Crippen LogP contribution is 2.29. The highest BCUT2D eigenvalue weighted by atomic mass is 79.9. The Morgan fingerprint density at radius 1 is 0.968 bits per heavy atom. The van der Waals surface area contributed by atoms with E-state index in [9.17, 15) is 4.79 Å². The minimum atomic E-state index is -0.112. The third kappa shape index (κ3) is 4.04. The average molecular weight is 490 g/mol. The molecule has 5 rings (SSSR count). The molecule has 2 heterocycles. The van der Waals surface area contributed by atoms with E-state index in [1.54, 1.807) is 0 Å². The number of aromatic nitrogens is 4. The number of anilines is 1. The van der Waals surface area contributed by atoms with E-state index < -0.39 is 0 Å². The molecule has 0 aliphatic carbocycles. The SMILES string of the molecule is O=C(CSc1nc2ccccc2n2c(-c3ccccc3)nnc12)Nc1cccc(Br)c1. The van der Waals surface area contributed by atoms with E-state index in [0.29, 0.717) is 10.7 Å². The van der Waals surface area contributed by atoms with Gasteiger partial charge in [0, 0.05) is 15.7 Å². The molecule has 152 valence electrons. The summed E-state index contributed by atoms with van der Waals surface area (Å²) < 4.78 is 2.92. The third-order valence-electron chi connectivity index (χ3n) is 4.68. The summed E-state index contributed by atoms with van der Waals surface area (Å²) in [5.41, 5.74) is 4.09. The van der Waals surface area contributed by atoms with Crippen molar-refractivity contribution in [2.75, 3.05) is 11.1 Å². The van der Waals surface area contributed by atoms with Gasteiger partial charge in [-0.1, -0.05) is 76.2 Å². The Bertz CT molecular complexity index is 1400. The van der Waals surface area contributed by atoms with E-state index in [4.69, 9.17) is 4.98 Å². The van der Waals surface area contributed by atoms with E-state index in [1.807, 2.05) is 83.3 Å². The van der Waals surface area contributed by atoms with Crippen LogP contribution in [-0.2, 0) is 4.79 Å². The lowest BCUT2D eigenvalue weighted by atomic mass is 10.2. The second-order valence-electron chi connectivity index (χ2n) is 6.80. The number of hydrogen-bond acceptors (Lipinski definition) is 5. The minimum absolute atomic E-state index is 0.112. The van der Waals surface area contributed by atoms with Gasteiger partial charge in [0.05, 0.1) is 16.8 Å². The van der Waals surface area contributed by atoms with Crippen LogP contribution in [0.3, 0.4) is 0 Å². The maximum absolute atomic E-state index is 12.5. The van der Waals surface area contributed by atoms with Crippen LogP contribution in [0.25, 0.3) is 28.1 Å². The number of nitrogens with one attached hydrogen (secondary N) is 1. The lowest BCUT2D eigenvalue weighted by Gasteiger charge is -2.09. The first-order valence-electron chi connectivity index (χ1n) is 9.56. The Balaban J connectivity index is 1.50. The van der Waals surface area contributed by atoms with Gasteiger partial charge < -0.3 is 5.32 Å². The fourth-order valence-corrected chi connectivity index (χ4v) is 4.49. The van der Waals surface area contributed by atoms with Crippen LogP contribution < -0.4 is 5.32 Å². The van der Waals surface area contributed by atoms with Gasteiger partial charge in [-0.2, -0.15) is 0 Å². The molecule has 0 spiro atoms. The van der Waals surface area contributed by atoms with Crippen molar-refractivity contribution in [2.24, 2.45) is 0 Å². The van der Waals surface area contributed by atoms with Crippen LogP contribution in [0.2, 0.25) is 0 Å². The van der Waals surface area contributed by atoms with Gasteiger partial charge in [0.2, 0.25) is 5.91 Å². The Morgan fingerprint density at radius 3 is 2.61 bits per heavy atom. The standard InChI is InChI=1S/C23H16BrN5OS/c24-16-9-6-10-17(13-16)25-20(30)14-31-23-22-28-27-21(15-7-2-1-3-8-15)29(22)19-12-5-4-11-18(19)26-23/h1-13H,14H2,(H,25,30). The predicted octanol–water partition coefficient (Wildman–Crippen LogP) is 5.44. The van der Waals surface area contributed by atoms with Gasteiger partial charge in [0.15, 0.2) is 11.5 Å². The molecular weight excluding hydrogens is 474 g/mol. The van der Waals surface area contributed by atoms with Gasteiger partial charge in [-0.25, -0.2) is 4.98 Å². The maximum Gasteiger partial charge on any atom is 0.234 e. The minimum Gasteiger partial charge on any atom is -0.325 e. The molecule has 3 aromatic carbocycles. The first-order valence-corrected chi connectivity index (χ1v) is 11.3. The smallest absolute Gasteiger partial charge is 0.234 e. The zero-order valence-corrected chi connectivity index (χ0v) is 18.6. The summed E-state index contributed by atoms with van der Waals surface area (Å²) in [5.74, 6) is 0.842. The van der Waals surface area contributed by atoms with Gasteiger partial charge >= 0.3 is 0 Å². The lowest BCUT2D eigenvalue weighted by molar-refractivity contribution is -0.113. The van der Waals surface area contributed by atoms with Crippen LogP contribution in [0.4, 0.5) is 5.69 Å². The fourth-order valence-electron chi connectivity index (χ4n) is 3.33. The molecule has 0 saturated carbocycles. The van der Waals surface area contributed by atoms with Gasteiger partial charge in [-0.05, 0) is 30.3 Å². The summed E-state index contributed by atoms with van der Waals surface area (Å²) in [4.78, 5) is 17.3. The van der Waals surface area contributed by atoms with Crippen LogP contribution in [0.15, 0.2) is 88.4 Å². The number of nitrogens with zero attached hydrogens (tertiary/aromatic N) is 4. The Morgan fingerprint density at radius 2 is 1.77 bits per heavy atom. The first kappa shape index (κ1) is 19.7. The highest BCUT2D eigenvalue weighted by molar-refractivity contribution is 9.10. The van der Waals surface area contributed by atoms with E-state index in [1.165, 1.54) is 11.8 Å². The van der Waals surface area contributed by atoms with Crippen molar-refractivity contribution in [3.8, 4) is 11.4 Å². The topological polar surface area (TPSA) is 72.2 Å². The Kier molecular flexibility index (Phi) is 5.40. The number of carbonyl (C=O) groups excluding carboxylic acids is 1. The normalized spacial score (nSPS) is 11.1. The molecule has 0 atom stereocenters. The fraction of sp³-hybridized carbons (Fsp3) is 0.0435. The van der Waals surface area contributed by atoms with Crippen molar-refractivity contribution < 1.29 is 4.79 Å². The summed E-state index contributed by atoms with van der Waals surface area (Å²) in [5, 5.41) is 12.4. The number of fused-ring (bicyclic) bond motifs is 3. The van der Waals surface area contributed by atoms with Crippen molar-refractivity contribution in [1.82, 2.24) is 19.6 Å². The second kappa shape index (κ2) is 8.49. The van der Waals surface area contributed by atoms with Gasteiger partial charge in [0.25, 0.3) is 0 Å². The molecule has 0 aliphatic rings. The molecule has 8 heteroatoms. The zero-order chi connectivity index (χ0) is 21.2. The molecule has 31 heavy (non-hydrogen) atoms. The summed E-state index contributed by atoms with van der Waals surface area (Å²) >= 11 is 4.76. The van der Waals surface area contributed by atoms with Gasteiger partial charge in [-0.3, -0.25) is 9.20 Å². The lowest BCUT2D eigenvalue weighted by Crippen LogP contribution is -2.14. The molecule has 0 radical (unpaired) electrons. The molecule has 0 aliphatic heterocycles. The van der Waals surface area contributed by atoms with E-state index in [0.717, 1.165) is 32.6 Å². The number of benzene rings is 3. The number of para-hydroxylation sites is 2. The maximum atomic E-state index is 12.5. The molecule has 1 amide bonds. The molecule has 5 aromatic rings. The molecule has 2 aromatic heterocycles. The molecule has 6 nitrogen and oxygen atoms in total. The number of hydrogen-bond donors (Lipinski definition) is 1. The molecule has 0 unspecified atom stereocenters. The van der Waals surface area contributed by atoms with Crippen LogP contribution in [0.5, 0.6) is 0 Å². The second-order valence-corrected chi connectivity index (χ2v) is 8.68. The predicted molar refractivity (Wildman–Crippen MR) is 127 cm³/mol. The van der Waals surface area contributed by atoms with Crippen LogP contribution in [0.1, 0.15) is 0 Å². The van der Waals surface area contributed by atoms with E-state index >= 15 is 0 Å². The first-order chi connectivity index (χ1) is 15.2. The third-order valence-corrected chi connectivity index (χ3v) is 6.13. The number of halogens is 1. The quantitative estimate of drug-likeness (QED) is 0.333. The zero-order valence-electron chi connectivity index (χ0n) is 16.2. The molecular formula is C23H16BrN5OS. The number of thioether (sulfide) groups is 1. The molecule has 1 N–H and O–H groups in total. The van der Waals surface area contributed by atoms with E-state index in [-0.39, 0.29) is 11.7 Å². The van der Waals surface area contributed by atoms with Crippen LogP contribution >= 0.6 is 27.7 Å². The number of amides is 1. The summed E-state index contributed by atoms with van der Waals surface area (Å²) in [6, 6.07) is 25.3. The van der Waals surface area contributed by atoms with Crippen molar-refractivity contribution in [2.45, 2.75) is 5.03 Å². The van der Waals surface area contributed by atoms with Crippen molar-refractivity contribution in [1.29, 1.82) is 0 Å². The molecule has 0 bridgehead atoms. The number of rotatable bonds is 5. The summed E-state index contributed by atoms with van der Waals surface area (Å²) in [6.07, 6.45) is 0. The highest BCUT2D eigenvalue weighted by Gasteiger charge is 2.17. The van der Waals surface area contributed by atoms with Gasteiger partial charge in [-0.15, -0.1) is 10.2 Å². The van der Waals surface area contributed by atoms with Crippen molar-refractivity contribution in [3.63, 3.8) is 0 Å². The van der Waals surface area contributed by atoms with Crippen molar-refractivity contribution >= 4 is 56.0 Å². The largest absolute Gasteiger partial charge is 0.325 e. The van der Waals surface area contributed by atoms with Gasteiger partial charge in [0.1, 0.15) is 5.03 Å². The average Bonchev–Trinajstić information content (AvgIpc) is 3.24. The monoisotopic (exact) mass is 489 g/mol. The van der Waals surface area contributed by atoms with Crippen LogP contribution in [-0.4, -0.2) is 31.2 Å². The Labute approximate surface area is 190 Å². The van der Waals surface area contributed by atoms with Crippen molar-refractivity contribution in [3.05, 3.63) is 83.3 Å². The van der Waals surface area contributed by atoms with Crippen LogP contribution in [0, 0.1) is 0 Å². The summed E-state index contributed by atoms with van der Waals surface area (Å²) in [6.45, 7) is 0. The molecule has 0 fully saturated rings.